The van der Waals surface area contributed by atoms with Crippen molar-refractivity contribution >= 4 is 23.3 Å². The van der Waals surface area contributed by atoms with Crippen LogP contribution in [0.2, 0.25) is 5.02 Å². The van der Waals surface area contributed by atoms with Crippen molar-refractivity contribution in [1.82, 2.24) is 0 Å². The lowest BCUT2D eigenvalue weighted by atomic mass is 10.2. The molecule has 1 aliphatic rings. The van der Waals surface area contributed by atoms with Crippen LogP contribution in [0.5, 0.6) is 0 Å². The highest BCUT2D eigenvalue weighted by molar-refractivity contribution is 6.33. The Morgan fingerprint density at radius 1 is 1.61 bits per heavy atom. The molecule has 0 saturated carbocycles. The number of esters is 1. The number of methoxy groups -OCH3 is 1. The Hall–Kier alpha value is -1.73. The smallest absolute Gasteiger partial charge is 0.328 e. The fourth-order valence-corrected chi connectivity index (χ4v) is 2.53. The van der Waals surface area contributed by atoms with Crippen LogP contribution in [0.1, 0.15) is 18.4 Å². The van der Waals surface area contributed by atoms with E-state index in [2.05, 4.69) is 0 Å². The number of nitriles is 1. The molecule has 1 aliphatic heterocycles. The van der Waals surface area contributed by atoms with E-state index in [1.165, 1.54) is 7.11 Å². The van der Waals surface area contributed by atoms with Crippen LogP contribution in [-0.2, 0) is 9.53 Å². The second-order valence-electron chi connectivity index (χ2n) is 4.15. The van der Waals surface area contributed by atoms with Crippen molar-refractivity contribution in [3.05, 3.63) is 28.8 Å². The first-order chi connectivity index (χ1) is 8.67. The molecule has 1 aromatic rings. The number of halogens is 1. The second-order valence-corrected chi connectivity index (χ2v) is 4.56. The van der Waals surface area contributed by atoms with Crippen molar-refractivity contribution < 1.29 is 9.53 Å². The van der Waals surface area contributed by atoms with E-state index in [1.54, 1.807) is 18.2 Å². The second kappa shape index (κ2) is 5.28. The summed E-state index contributed by atoms with van der Waals surface area (Å²) in [6.07, 6.45) is 1.69. The highest BCUT2D eigenvalue weighted by Gasteiger charge is 2.32. The molecule has 0 N–H and O–H groups in total. The number of benzene rings is 1. The van der Waals surface area contributed by atoms with Crippen LogP contribution in [-0.4, -0.2) is 25.7 Å². The minimum absolute atomic E-state index is 0.243. The third-order valence-electron chi connectivity index (χ3n) is 3.11. The van der Waals surface area contributed by atoms with Crippen LogP contribution in [0.3, 0.4) is 0 Å². The molecule has 0 amide bonds. The van der Waals surface area contributed by atoms with Crippen molar-refractivity contribution in [1.29, 1.82) is 5.26 Å². The molecule has 4 nitrogen and oxygen atoms in total. The highest BCUT2D eigenvalue weighted by Crippen LogP contribution is 2.32. The van der Waals surface area contributed by atoms with E-state index in [-0.39, 0.29) is 12.0 Å². The number of carbonyl (C=O) groups excluding carboxylic acids is 1. The summed E-state index contributed by atoms with van der Waals surface area (Å²) in [5.41, 5.74) is 1.29. The van der Waals surface area contributed by atoms with Gasteiger partial charge in [-0.2, -0.15) is 5.26 Å². The van der Waals surface area contributed by atoms with Gasteiger partial charge in [0, 0.05) is 6.54 Å². The lowest BCUT2D eigenvalue weighted by Gasteiger charge is -2.25. The predicted molar refractivity (Wildman–Crippen MR) is 68.6 cm³/mol. The summed E-state index contributed by atoms with van der Waals surface area (Å²) in [4.78, 5) is 13.6. The van der Waals surface area contributed by atoms with Crippen molar-refractivity contribution in [3.63, 3.8) is 0 Å². The molecular formula is C13H13ClN2O2. The number of carbonyl (C=O) groups is 1. The van der Waals surface area contributed by atoms with Gasteiger partial charge in [-0.05, 0) is 31.0 Å². The van der Waals surface area contributed by atoms with Crippen molar-refractivity contribution in [3.8, 4) is 6.07 Å². The maximum atomic E-state index is 11.7. The van der Waals surface area contributed by atoms with Gasteiger partial charge in [-0.15, -0.1) is 0 Å². The zero-order valence-corrected chi connectivity index (χ0v) is 10.8. The number of anilines is 1. The van der Waals surface area contributed by atoms with E-state index in [1.807, 2.05) is 11.0 Å². The zero-order chi connectivity index (χ0) is 13.1. The number of rotatable bonds is 2. The van der Waals surface area contributed by atoms with Crippen LogP contribution in [0.25, 0.3) is 0 Å². The molecule has 18 heavy (non-hydrogen) atoms. The average molecular weight is 265 g/mol. The fourth-order valence-electron chi connectivity index (χ4n) is 2.25. The first-order valence-corrected chi connectivity index (χ1v) is 6.09. The molecule has 2 rings (SSSR count). The number of ether oxygens (including phenoxy) is 1. The van der Waals surface area contributed by atoms with Gasteiger partial charge in [0.2, 0.25) is 0 Å². The molecule has 0 aliphatic carbocycles. The molecule has 1 atom stereocenters. The maximum absolute atomic E-state index is 11.7. The molecule has 94 valence electrons. The first kappa shape index (κ1) is 12.7. The number of nitrogens with zero attached hydrogens (tertiary/aromatic N) is 2. The third-order valence-corrected chi connectivity index (χ3v) is 3.42. The Morgan fingerprint density at radius 3 is 3.00 bits per heavy atom. The summed E-state index contributed by atoms with van der Waals surface area (Å²) in [6.45, 7) is 0.769. The summed E-state index contributed by atoms with van der Waals surface area (Å²) in [6, 6.07) is 6.86. The Labute approximate surface area is 111 Å². The molecule has 0 bridgehead atoms. The van der Waals surface area contributed by atoms with Gasteiger partial charge in [-0.1, -0.05) is 11.6 Å². The lowest BCUT2D eigenvalue weighted by Crippen LogP contribution is -2.37. The van der Waals surface area contributed by atoms with Gasteiger partial charge >= 0.3 is 5.97 Å². The third kappa shape index (κ3) is 2.27. The van der Waals surface area contributed by atoms with Crippen LogP contribution < -0.4 is 4.90 Å². The molecular weight excluding hydrogens is 252 g/mol. The molecule has 1 aromatic carbocycles. The van der Waals surface area contributed by atoms with Gasteiger partial charge < -0.3 is 9.64 Å². The molecule has 5 heteroatoms. The molecule has 1 fully saturated rings. The van der Waals surface area contributed by atoms with Gasteiger partial charge in [0.05, 0.1) is 29.5 Å². The van der Waals surface area contributed by atoms with Crippen LogP contribution in [0, 0.1) is 11.3 Å². The van der Waals surface area contributed by atoms with Crippen LogP contribution in [0.4, 0.5) is 5.69 Å². The van der Waals surface area contributed by atoms with E-state index in [0.717, 1.165) is 25.1 Å². The van der Waals surface area contributed by atoms with E-state index in [4.69, 9.17) is 21.6 Å². The van der Waals surface area contributed by atoms with Gasteiger partial charge in [-0.25, -0.2) is 4.79 Å². The minimum Gasteiger partial charge on any atom is -0.467 e. The molecule has 1 saturated heterocycles. The SMILES string of the molecule is COC(=O)C1CCCN1c1ccc(C#N)cc1Cl. The molecule has 1 heterocycles. The molecule has 0 radical (unpaired) electrons. The first-order valence-electron chi connectivity index (χ1n) is 5.71. The van der Waals surface area contributed by atoms with E-state index in [0.29, 0.717) is 10.6 Å². The normalized spacial score (nSPS) is 18.5. The Morgan fingerprint density at radius 2 is 2.39 bits per heavy atom. The summed E-state index contributed by atoms with van der Waals surface area (Å²) in [5.74, 6) is -0.243. The van der Waals surface area contributed by atoms with Gasteiger partial charge in [0.25, 0.3) is 0 Å². The maximum Gasteiger partial charge on any atom is 0.328 e. The summed E-state index contributed by atoms with van der Waals surface area (Å²) in [7, 11) is 1.39. The number of hydrogen-bond donors (Lipinski definition) is 0. The van der Waals surface area contributed by atoms with Gasteiger partial charge in [0.15, 0.2) is 0 Å². The van der Waals surface area contributed by atoms with Gasteiger partial charge in [0.1, 0.15) is 6.04 Å². The standard InChI is InChI=1S/C13H13ClN2O2/c1-18-13(17)12-3-2-6-16(12)11-5-4-9(8-15)7-10(11)14/h4-5,7,12H,2-3,6H2,1H3. The predicted octanol–water partition coefficient (Wildman–Crippen LogP) is 2.35. The van der Waals surface area contributed by atoms with Crippen LogP contribution >= 0.6 is 11.6 Å². The lowest BCUT2D eigenvalue weighted by molar-refractivity contribution is -0.141. The summed E-state index contributed by atoms with van der Waals surface area (Å²) in [5, 5.41) is 9.29. The summed E-state index contributed by atoms with van der Waals surface area (Å²) < 4.78 is 4.79. The highest BCUT2D eigenvalue weighted by atomic mass is 35.5. The molecule has 0 aromatic heterocycles. The van der Waals surface area contributed by atoms with E-state index >= 15 is 0 Å². The minimum atomic E-state index is -0.277. The van der Waals surface area contributed by atoms with Crippen LogP contribution in [0.15, 0.2) is 18.2 Å². The largest absolute Gasteiger partial charge is 0.467 e. The van der Waals surface area contributed by atoms with E-state index in [9.17, 15) is 4.79 Å². The summed E-state index contributed by atoms with van der Waals surface area (Å²) >= 11 is 6.16. The topological polar surface area (TPSA) is 53.3 Å². The van der Waals surface area contributed by atoms with E-state index < -0.39 is 0 Å². The Balaban J connectivity index is 2.31. The fraction of sp³-hybridized carbons (Fsp3) is 0.385. The zero-order valence-electron chi connectivity index (χ0n) is 10.0. The van der Waals surface area contributed by atoms with Crippen molar-refractivity contribution in [2.45, 2.75) is 18.9 Å². The average Bonchev–Trinajstić information content (AvgIpc) is 2.86. The Kier molecular flexibility index (Phi) is 3.73. The molecule has 0 spiro atoms. The monoisotopic (exact) mass is 264 g/mol. The number of hydrogen-bond acceptors (Lipinski definition) is 4. The molecule has 1 unspecified atom stereocenters. The Bertz CT molecular complexity index is 510. The van der Waals surface area contributed by atoms with Gasteiger partial charge in [-0.3, -0.25) is 0 Å². The van der Waals surface area contributed by atoms with Crippen molar-refractivity contribution in [2.24, 2.45) is 0 Å². The quantitative estimate of drug-likeness (QED) is 0.770. The van der Waals surface area contributed by atoms with Crippen molar-refractivity contribution in [2.75, 3.05) is 18.6 Å².